The lowest BCUT2D eigenvalue weighted by Crippen LogP contribution is -2.17. The van der Waals surface area contributed by atoms with Gasteiger partial charge in [0.2, 0.25) is 0 Å². The topological polar surface area (TPSA) is 48.2 Å². The molecule has 28 heavy (non-hydrogen) atoms. The molecule has 0 spiro atoms. The quantitative estimate of drug-likeness (QED) is 0.448. The van der Waals surface area contributed by atoms with Crippen LogP contribution in [0.1, 0.15) is 66.5 Å². The minimum atomic E-state index is -0.141. The molecule has 0 aromatic heterocycles. The number of phenolic OH excluding ortho intramolecular Hbond substituents is 1. The van der Waals surface area contributed by atoms with Gasteiger partial charge < -0.3 is 5.11 Å². The van der Waals surface area contributed by atoms with Crippen molar-refractivity contribution in [1.29, 1.82) is 0 Å². The van der Waals surface area contributed by atoms with Crippen molar-refractivity contribution >= 4 is 5.69 Å². The molecule has 2 aromatic rings. The molecule has 0 heterocycles. The number of rotatable bonds is 5. The van der Waals surface area contributed by atoms with Crippen LogP contribution in [0.5, 0.6) is 5.75 Å². The lowest BCUT2D eigenvalue weighted by Gasteiger charge is -2.28. The van der Waals surface area contributed by atoms with Crippen molar-refractivity contribution in [2.45, 2.75) is 66.2 Å². The second kappa shape index (κ2) is 8.34. The van der Waals surface area contributed by atoms with E-state index in [-0.39, 0.29) is 10.8 Å². The Balaban J connectivity index is 2.47. The number of phenols is 1. The summed E-state index contributed by atoms with van der Waals surface area (Å²) in [6.07, 6.45) is 0. The van der Waals surface area contributed by atoms with Crippen LogP contribution < -0.4 is 0 Å². The number of benzene rings is 2. The zero-order valence-corrected chi connectivity index (χ0v) is 18.7. The second-order valence-corrected chi connectivity index (χ2v) is 9.30. The maximum atomic E-state index is 10.9. The maximum Gasteiger partial charge on any atom is 0.123 e. The van der Waals surface area contributed by atoms with Crippen LogP contribution >= 0.6 is 0 Å². The Morgan fingerprint density at radius 1 is 0.786 bits per heavy atom. The van der Waals surface area contributed by atoms with E-state index in [0.29, 0.717) is 5.75 Å². The van der Waals surface area contributed by atoms with Gasteiger partial charge in [0, 0.05) is 24.2 Å². The molecule has 0 atom stereocenters. The van der Waals surface area contributed by atoms with Crippen LogP contribution in [0.15, 0.2) is 46.7 Å². The van der Waals surface area contributed by atoms with Crippen molar-refractivity contribution in [3.63, 3.8) is 0 Å². The molecule has 2 aromatic carbocycles. The highest BCUT2D eigenvalue weighted by Crippen LogP contribution is 2.42. The molecule has 0 saturated heterocycles. The number of hydrogen-bond acceptors (Lipinski definition) is 3. The van der Waals surface area contributed by atoms with E-state index >= 15 is 0 Å². The van der Waals surface area contributed by atoms with Crippen LogP contribution in [0.4, 0.5) is 5.69 Å². The van der Waals surface area contributed by atoms with E-state index in [1.165, 1.54) is 0 Å². The van der Waals surface area contributed by atoms with E-state index in [1.54, 1.807) is 0 Å². The molecule has 4 heteroatoms. The highest BCUT2D eigenvalue weighted by molar-refractivity contribution is 5.70. The summed E-state index contributed by atoms with van der Waals surface area (Å²) in [5, 5.41) is 21.4. The van der Waals surface area contributed by atoms with Gasteiger partial charge in [-0.15, -0.1) is 5.11 Å². The van der Waals surface area contributed by atoms with Crippen molar-refractivity contribution in [2.75, 3.05) is 13.1 Å². The van der Waals surface area contributed by atoms with Crippen LogP contribution in [-0.4, -0.2) is 23.2 Å². The third-order valence-corrected chi connectivity index (χ3v) is 4.94. The van der Waals surface area contributed by atoms with Crippen LogP contribution in [0, 0.1) is 0 Å². The van der Waals surface area contributed by atoms with Gasteiger partial charge in [0.1, 0.15) is 5.75 Å². The molecular formula is C24H35N3O. The largest absolute Gasteiger partial charge is 0.507 e. The number of nitrogens with zero attached hydrogens (tertiary/aromatic N) is 3. The molecule has 0 aliphatic rings. The first-order chi connectivity index (χ1) is 13.0. The molecule has 0 unspecified atom stereocenters. The number of aromatic hydroxyl groups is 1. The van der Waals surface area contributed by atoms with Gasteiger partial charge in [0.25, 0.3) is 0 Å². The normalized spacial score (nSPS) is 12.6. The van der Waals surface area contributed by atoms with Crippen LogP contribution in [0.2, 0.25) is 0 Å². The SMILES string of the molecule is CCN(CC)N=Nc1ccc(-c2cc(C(C)(C)C)c(O)c(C(C)(C)C)c2)cc1. The predicted molar refractivity (Wildman–Crippen MR) is 118 cm³/mol. The van der Waals surface area contributed by atoms with E-state index in [4.69, 9.17) is 0 Å². The molecule has 152 valence electrons. The Morgan fingerprint density at radius 3 is 1.64 bits per heavy atom. The lowest BCUT2D eigenvalue weighted by atomic mass is 9.78. The molecule has 1 N–H and O–H groups in total. The first kappa shape index (κ1) is 21.9. The zero-order chi connectivity index (χ0) is 21.1. The second-order valence-electron chi connectivity index (χ2n) is 9.30. The van der Waals surface area contributed by atoms with Crippen molar-refractivity contribution in [1.82, 2.24) is 5.01 Å². The maximum absolute atomic E-state index is 10.9. The molecule has 0 radical (unpaired) electrons. The molecule has 2 rings (SSSR count). The fourth-order valence-corrected chi connectivity index (χ4v) is 3.13. The van der Waals surface area contributed by atoms with Gasteiger partial charge in [-0.3, -0.25) is 5.01 Å². The highest BCUT2D eigenvalue weighted by Gasteiger charge is 2.26. The molecule has 0 aliphatic heterocycles. The summed E-state index contributed by atoms with van der Waals surface area (Å²) in [5.41, 5.74) is 4.72. The van der Waals surface area contributed by atoms with Gasteiger partial charge in [0.05, 0.1) is 5.69 Å². The van der Waals surface area contributed by atoms with E-state index < -0.39 is 0 Å². The standard InChI is InChI=1S/C24H35N3O/c1-9-27(10-2)26-25-19-13-11-17(12-14-19)18-15-20(23(3,4)5)22(28)21(16-18)24(6,7)8/h11-16,28H,9-10H2,1-8H3. The van der Waals surface area contributed by atoms with Crippen LogP contribution in [0.3, 0.4) is 0 Å². The molecule has 0 amide bonds. The van der Waals surface area contributed by atoms with Gasteiger partial charge in [0.15, 0.2) is 0 Å². The Kier molecular flexibility index (Phi) is 6.53. The minimum Gasteiger partial charge on any atom is -0.507 e. The van der Waals surface area contributed by atoms with Crippen molar-refractivity contribution < 1.29 is 5.11 Å². The summed E-state index contributed by atoms with van der Waals surface area (Å²) < 4.78 is 0. The van der Waals surface area contributed by atoms with E-state index in [0.717, 1.165) is 41.0 Å². The van der Waals surface area contributed by atoms with Crippen LogP contribution in [-0.2, 0) is 10.8 Å². The average molecular weight is 382 g/mol. The number of hydrogen-bond donors (Lipinski definition) is 1. The zero-order valence-electron chi connectivity index (χ0n) is 18.7. The molecule has 0 saturated carbocycles. The first-order valence-electron chi connectivity index (χ1n) is 10.1. The van der Waals surface area contributed by atoms with Gasteiger partial charge in [-0.2, -0.15) is 0 Å². The minimum absolute atomic E-state index is 0.141. The van der Waals surface area contributed by atoms with Gasteiger partial charge in [-0.25, -0.2) is 0 Å². The smallest absolute Gasteiger partial charge is 0.123 e. The summed E-state index contributed by atoms with van der Waals surface area (Å²) >= 11 is 0. The summed E-state index contributed by atoms with van der Waals surface area (Å²) in [4.78, 5) is 0. The summed E-state index contributed by atoms with van der Waals surface area (Å²) in [6.45, 7) is 18.6. The fraction of sp³-hybridized carbons (Fsp3) is 0.500. The van der Waals surface area contributed by atoms with Gasteiger partial charge >= 0.3 is 0 Å². The third kappa shape index (κ3) is 5.12. The molecule has 4 nitrogen and oxygen atoms in total. The molecule has 0 bridgehead atoms. The first-order valence-corrected chi connectivity index (χ1v) is 10.1. The molecule has 0 fully saturated rings. The predicted octanol–water partition coefficient (Wildman–Crippen LogP) is 6.99. The average Bonchev–Trinajstić information content (AvgIpc) is 2.61. The van der Waals surface area contributed by atoms with Crippen molar-refractivity contribution in [3.05, 3.63) is 47.5 Å². The molecular weight excluding hydrogens is 346 g/mol. The summed E-state index contributed by atoms with van der Waals surface area (Å²) in [5.74, 6) is 0.411. The highest BCUT2D eigenvalue weighted by atomic mass is 16.3. The van der Waals surface area contributed by atoms with E-state index in [9.17, 15) is 5.11 Å². The lowest BCUT2D eigenvalue weighted by molar-refractivity contribution is 0.301. The van der Waals surface area contributed by atoms with E-state index in [1.807, 2.05) is 17.1 Å². The van der Waals surface area contributed by atoms with Crippen LogP contribution in [0.25, 0.3) is 11.1 Å². The van der Waals surface area contributed by atoms with Gasteiger partial charge in [-0.05, 0) is 60.1 Å². The van der Waals surface area contributed by atoms with E-state index in [2.05, 4.69) is 90.0 Å². The Bertz CT molecular complexity index is 785. The summed E-state index contributed by atoms with van der Waals surface area (Å²) in [6, 6.07) is 12.3. The monoisotopic (exact) mass is 381 g/mol. The van der Waals surface area contributed by atoms with Crippen molar-refractivity contribution in [2.24, 2.45) is 10.3 Å². The van der Waals surface area contributed by atoms with Crippen molar-refractivity contribution in [3.8, 4) is 16.9 Å². The van der Waals surface area contributed by atoms with Gasteiger partial charge in [-0.1, -0.05) is 58.9 Å². The molecule has 0 aliphatic carbocycles. The summed E-state index contributed by atoms with van der Waals surface area (Å²) in [7, 11) is 0. The Labute approximate surface area is 170 Å². The third-order valence-electron chi connectivity index (χ3n) is 4.94. The Morgan fingerprint density at radius 2 is 1.25 bits per heavy atom. The Hall–Kier alpha value is -2.36. The fourth-order valence-electron chi connectivity index (χ4n) is 3.13.